The number of rotatable bonds is 5. The Bertz CT molecular complexity index is 1420. The first kappa shape index (κ1) is 19.7. The first-order valence-corrected chi connectivity index (χ1v) is 9.17. The Labute approximate surface area is 174 Å². The highest BCUT2D eigenvalue weighted by atomic mass is 16.2. The van der Waals surface area contributed by atoms with Crippen LogP contribution in [0.15, 0.2) is 69.7 Å². The van der Waals surface area contributed by atoms with Crippen molar-refractivity contribution in [2.24, 2.45) is 5.10 Å². The summed E-state index contributed by atoms with van der Waals surface area (Å²) in [6, 6.07) is 9.69. The Morgan fingerprint density at radius 3 is 2.65 bits per heavy atom. The molecular weight excluding hydrogens is 400 g/mol. The summed E-state index contributed by atoms with van der Waals surface area (Å²) >= 11 is 0. The molecule has 4 aromatic heterocycles. The van der Waals surface area contributed by atoms with Crippen LogP contribution >= 0.6 is 0 Å². The van der Waals surface area contributed by atoms with Gasteiger partial charge in [-0.15, -0.1) is 0 Å². The Hall–Kier alpha value is -4.60. The van der Waals surface area contributed by atoms with E-state index in [1.807, 2.05) is 23.2 Å². The molecule has 0 aliphatic heterocycles. The van der Waals surface area contributed by atoms with Gasteiger partial charge in [0.2, 0.25) is 5.78 Å². The van der Waals surface area contributed by atoms with Crippen molar-refractivity contribution < 1.29 is 9.59 Å². The molecule has 0 spiro atoms. The number of H-pyrrole nitrogens is 2. The number of hydrogen-bond donors (Lipinski definition) is 3. The smallest absolute Gasteiger partial charge is 0.313 e. The van der Waals surface area contributed by atoms with Gasteiger partial charge < -0.3 is 9.38 Å². The fraction of sp³-hybridized carbons (Fsp3) is 0.0476. The van der Waals surface area contributed by atoms with Gasteiger partial charge in [0.05, 0.1) is 17.4 Å². The maximum Gasteiger partial charge on any atom is 0.326 e. The minimum absolute atomic E-state index is 0.175. The summed E-state index contributed by atoms with van der Waals surface area (Å²) < 4.78 is 1.76. The van der Waals surface area contributed by atoms with Gasteiger partial charge in [0.25, 0.3) is 11.5 Å². The Kier molecular flexibility index (Phi) is 5.10. The maximum absolute atomic E-state index is 13.1. The Balaban J connectivity index is 1.69. The second-order valence-corrected chi connectivity index (χ2v) is 6.61. The molecule has 10 nitrogen and oxygen atoms in total. The molecule has 0 saturated heterocycles. The molecule has 31 heavy (non-hydrogen) atoms. The van der Waals surface area contributed by atoms with Gasteiger partial charge in [-0.25, -0.2) is 10.2 Å². The van der Waals surface area contributed by atoms with Gasteiger partial charge in [0, 0.05) is 35.8 Å². The van der Waals surface area contributed by atoms with Crippen molar-refractivity contribution in [2.75, 3.05) is 0 Å². The molecular formula is C21H16N6O4. The molecule has 4 rings (SSSR count). The van der Waals surface area contributed by atoms with E-state index in [2.05, 4.69) is 20.5 Å². The van der Waals surface area contributed by atoms with Crippen LogP contribution in [-0.4, -0.2) is 37.3 Å². The van der Waals surface area contributed by atoms with Crippen LogP contribution in [0.4, 0.5) is 0 Å². The minimum Gasteiger partial charge on any atom is -0.313 e. The van der Waals surface area contributed by atoms with E-state index in [-0.39, 0.29) is 11.5 Å². The van der Waals surface area contributed by atoms with E-state index in [0.29, 0.717) is 22.4 Å². The lowest BCUT2D eigenvalue weighted by Gasteiger charge is -2.03. The van der Waals surface area contributed by atoms with Gasteiger partial charge in [-0.3, -0.25) is 24.4 Å². The first-order valence-electron chi connectivity index (χ1n) is 9.17. The lowest BCUT2D eigenvalue weighted by atomic mass is 10.1. The van der Waals surface area contributed by atoms with Gasteiger partial charge in [-0.2, -0.15) is 5.10 Å². The van der Waals surface area contributed by atoms with Gasteiger partial charge in [-0.1, -0.05) is 6.07 Å². The fourth-order valence-corrected chi connectivity index (χ4v) is 3.25. The number of ketones is 1. The van der Waals surface area contributed by atoms with Crippen molar-refractivity contribution in [3.63, 3.8) is 0 Å². The van der Waals surface area contributed by atoms with Crippen molar-refractivity contribution in [3.8, 4) is 0 Å². The first-order chi connectivity index (χ1) is 15.0. The zero-order chi connectivity index (χ0) is 22.0. The van der Waals surface area contributed by atoms with E-state index in [1.54, 1.807) is 42.0 Å². The van der Waals surface area contributed by atoms with Gasteiger partial charge in [0.1, 0.15) is 5.69 Å². The van der Waals surface area contributed by atoms with E-state index in [1.165, 1.54) is 6.21 Å². The summed E-state index contributed by atoms with van der Waals surface area (Å²) in [4.78, 5) is 56.1. The quantitative estimate of drug-likeness (QED) is 0.253. The number of hydrogen-bond acceptors (Lipinski definition) is 6. The predicted molar refractivity (Wildman–Crippen MR) is 113 cm³/mol. The number of aromatic nitrogens is 4. The van der Waals surface area contributed by atoms with Crippen molar-refractivity contribution in [1.82, 2.24) is 24.8 Å². The predicted octanol–water partition coefficient (Wildman–Crippen LogP) is 1.01. The Morgan fingerprint density at radius 1 is 1.13 bits per heavy atom. The molecule has 0 atom stereocenters. The van der Waals surface area contributed by atoms with Crippen LogP contribution in [0.25, 0.3) is 5.52 Å². The average molecular weight is 416 g/mol. The summed E-state index contributed by atoms with van der Waals surface area (Å²) in [6.07, 6.45) is 6.29. The van der Waals surface area contributed by atoms with Crippen LogP contribution in [0.3, 0.4) is 0 Å². The fourth-order valence-electron chi connectivity index (χ4n) is 3.25. The summed E-state index contributed by atoms with van der Waals surface area (Å²) in [7, 11) is 0. The number of nitrogens with zero attached hydrogens (tertiary/aromatic N) is 3. The topological polar surface area (TPSA) is 142 Å². The summed E-state index contributed by atoms with van der Waals surface area (Å²) in [6.45, 7) is 1.79. The van der Waals surface area contributed by atoms with Crippen molar-refractivity contribution in [1.29, 1.82) is 0 Å². The molecule has 0 unspecified atom stereocenters. The van der Waals surface area contributed by atoms with E-state index >= 15 is 0 Å². The number of amides is 1. The molecule has 0 bridgehead atoms. The number of carbonyl (C=O) groups excluding carboxylic acids is 2. The zero-order valence-corrected chi connectivity index (χ0v) is 16.2. The van der Waals surface area contributed by atoms with Crippen LogP contribution in [0, 0.1) is 6.92 Å². The summed E-state index contributed by atoms with van der Waals surface area (Å²) in [5.41, 5.74) is 3.54. The number of carbonyl (C=O) groups is 2. The molecule has 3 N–H and O–H groups in total. The molecule has 4 heterocycles. The summed E-state index contributed by atoms with van der Waals surface area (Å²) in [5, 5.41) is 3.94. The van der Waals surface area contributed by atoms with Gasteiger partial charge in [0.15, 0.2) is 0 Å². The molecule has 154 valence electrons. The molecule has 0 saturated carbocycles. The van der Waals surface area contributed by atoms with E-state index in [4.69, 9.17) is 0 Å². The largest absolute Gasteiger partial charge is 0.326 e. The van der Waals surface area contributed by atoms with Crippen LogP contribution in [0.2, 0.25) is 0 Å². The second kappa shape index (κ2) is 8.03. The normalized spacial score (nSPS) is 11.1. The van der Waals surface area contributed by atoms with Crippen molar-refractivity contribution in [3.05, 3.63) is 104 Å². The van der Waals surface area contributed by atoms with Crippen LogP contribution in [-0.2, 0) is 0 Å². The number of fused-ring (bicyclic) bond motifs is 1. The van der Waals surface area contributed by atoms with Crippen LogP contribution in [0.5, 0.6) is 0 Å². The second-order valence-electron chi connectivity index (χ2n) is 6.61. The highest BCUT2D eigenvalue weighted by molar-refractivity contribution is 6.11. The third kappa shape index (κ3) is 3.81. The van der Waals surface area contributed by atoms with E-state index < -0.39 is 17.2 Å². The Morgan fingerprint density at radius 2 is 1.90 bits per heavy atom. The molecule has 10 heteroatoms. The van der Waals surface area contributed by atoms with Crippen molar-refractivity contribution in [2.45, 2.75) is 6.92 Å². The summed E-state index contributed by atoms with van der Waals surface area (Å²) in [5.74, 6) is -0.931. The lowest BCUT2D eigenvalue weighted by molar-refractivity contribution is 0.0948. The van der Waals surface area contributed by atoms with Crippen molar-refractivity contribution >= 4 is 23.4 Å². The molecule has 1 amide bonds. The SMILES string of the molecule is Cc1c(/C=N\NC(=O)c2cc(=O)[nH]c(=O)[nH]2)c2ccccn2c1C(=O)c1ccncc1. The van der Waals surface area contributed by atoms with Crippen LogP contribution in [0.1, 0.15) is 37.7 Å². The third-order valence-electron chi connectivity index (χ3n) is 4.66. The molecule has 0 aliphatic rings. The molecule has 4 aromatic rings. The average Bonchev–Trinajstić information content (AvgIpc) is 3.04. The van der Waals surface area contributed by atoms with Gasteiger partial charge >= 0.3 is 5.69 Å². The van der Waals surface area contributed by atoms with Crippen LogP contribution < -0.4 is 16.7 Å². The van der Waals surface area contributed by atoms with E-state index in [9.17, 15) is 19.2 Å². The van der Waals surface area contributed by atoms with Gasteiger partial charge in [-0.05, 0) is 36.8 Å². The maximum atomic E-state index is 13.1. The molecule has 0 fully saturated rings. The minimum atomic E-state index is -0.796. The molecule has 0 aromatic carbocycles. The lowest BCUT2D eigenvalue weighted by Crippen LogP contribution is -2.28. The van der Waals surface area contributed by atoms with E-state index in [0.717, 1.165) is 11.6 Å². The zero-order valence-electron chi connectivity index (χ0n) is 16.2. The highest BCUT2D eigenvalue weighted by Crippen LogP contribution is 2.24. The molecule has 0 radical (unpaired) electrons. The highest BCUT2D eigenvalue weighted by Gasteiger charge is 2.20. The molecule has 0 aliphatic carbocycles. The number of aromatic amines is 2. The number of pyridine rings is 2. The monoisotopic (exact) mass is 416 g/mol. The number of nitrogens with one attached hydrogen (secondary N) is 3. The third-order valence-corrected chi connectivity index (χ3v) is 4.66. The number of hydrazone groups is 1. The standard InChI is InChI=1S/C21H16N6O4/c1-12-14(11-23-26-20(30)15-10-17(28)25-21(31)24-15)16-4-2-3-9-27(16)18(12)19(29)13-5-7-22-8-6-13/h2-11H,1H3,(H,26,30)(H2,24,25,28,31)/b23-11-.